The number of hydrogen-bond donors (Lipinski definition) is 1. The smallest absolute Gasteiger partial charge is 0.257 e. The first-order valence-corrected chi connectivity index (χ1v) is 7.99. The van der Waals surface area contributed by atoms with Crippen molar-refractivity contribution in [1.82, 2.24) is 10.1 Å². The van der Waals surface area contributed by atoms with Crippen LogP contribution in [0.2, 0.25) is 0 Å². The van der Waals surface area contributed by atoms with Gasteiger partial charge in [0.15, 0.2) is 5.82 Å². The highest BCUT2D eigenvalue weighted by atomic mass is 19.1. The lowest BCUT2D eigenvalue weighted by Crippen LogP contribution is -2.42. The Bertz CT molecular complexity index is 729. The van der Waals surface area contributed by atoms with Crippen LogP contribution in [-0.4, -0.2) is 47.7 Å². The number of hydrogen-bond acceptors (Lipinski definition) is 5. The third kappa shape index (κ3) is 4.42. The first-order valence-electron chi connectivity index (χ1n) is 7.99. The molecule has 2 heterocycles. The van der Waals surface area contributed by atoms with Crippen LogP contribution >= 0.6 is 0 Å². The number of anilines is 1. The van der Waals surface area contributed by atoms with Crippen LogP contribution in [0.4, 0.5) is 10.2 Å². The van der Waals surface area contributed by atoms with Gasteiger partial charge >= 0.3 is 0 Å². The van der Waals surface area contributed by atoms with Gasteiger partial charge in [-0.2, -0.15) is 0 Å². The molecular formula is C17H18FN3O4. The molecule has 3 rings (SSSR count). The summed E-state index contributed by atoms with van der Waals surface area (Å²) in [4.78, 5) is 26.2. The Hall–Kier alpha value is -2.74. The minimum atomic E-state index is -0.623. The highest BCUT2D eigenvalue weighted by molar-refractivity contribution is 5.99. The highest BCUT2D eigenvalue weighted by Gasteiger charge is 2.26. The van der Waals surface area contributed by atoms with E-state index < -0.39 is 17.6 Å². The summed E-state index contributed by atoms with van der Waals surface area (Å²) in [6, 6.07) is 7.19. The molecule has 8 heteroatoms. The Labute approximate surface area is 143 Å². The van der Waals surface area contributed by atoms with Gasteiger partial charge in [-0.1, -0.05) is 17.3 Å². The summed E-state index contributed by atoms with van der Waals surface area (Å²) in [5.74, 6) is -1.37. The Kier molecular flexibility index (Phi) is 5.39. The molecule has 1 N–H and O–H groups in total. The topological polar surface area (TPSA) is 84.7 Å². The molecule has 0 radical (unpaired) electrons. The molecule has 1 fully saturated rings. The maximum absolute atomic E-state index is 14.0. The molecule has 0 aliphatic carbocycles. The fourth-order valence-electron chi connectivity index (χ4n) is 2.69. The standard InChI is InChI=1S/C17H18FN3O4/c18-14-6-2-1-5-13(14)17(23)21(10-12-4-3-8-24-12)11-16(22)19-15-7-9-25-20-15/h1-2,5-7,9,12H,3-4,8,10-11H2,(H,19,20,22). The van der Waals surface area contributed by atoms with E-state index in [9.17, 15) is 14.0 Å². The number of carbonyl (C=O) groups is 2. The first-order chi connectivity index (χ1) is 12.1. The lowest BCUT2D eigenvalue weighted by molar-refractivity contribution is -0.117. The highest BCUT2D eigenvalue weighted by Crippen LogP contribution is 2.16. The van der Waals surface area contributed by atoms with Crippen molar-refractivity contribution >= 4 is 17.6 Å². The second kappa shape index (κ2) is 7.89. The molecule has 0 spiro atoms. The van der Waals surface area contributed by atoms with Gasteiger partial charge in [-0.3, -0.25) is 9.59 Å². The average molecular weight is 347 g/mol. The van der Waals surface area contributed by atoms with Gasteiger partial charge in [-0.05, 0) is 25.0 Å². The maximum Gasteiger partial charge on any atom is 0.257 e. The van der Waals surface area contributed by atoms with Gasteiger partial charge in [0.05, 0.1) is 11.7 Å². The fraction of sp³-hybridized carbons (Fsp3) is 0.353. The number of aromatic nitrogens is 1. The van der Waals surface area contributed by atoms with Crippen LogP contribution in [0, 0.1) is 5.82 Å². The molecule has 25 heavy (non-hydrogen) atoms. The van der Waals surface area contributed by atoms with Crippen molar-refractivity contribution in [2.24, 2.45) is 0 Å². The molecule has 0 bridgehead atoms. The van der Waals surface area contributed by atoms with Crippen molar-refractivity contribution in [2.45, 2.75) is 18.9 Å². The van der Waals surface area contributed by atoms with Crippen LogP contribution < -0.4 is 5.32 Å². The molecule has 0 saturated carbocycles. The number of ether oxygens (including phenoxy) is 1. The van der Waals surface area contributed by atoms with E-state index >= 15 is 0 Å². The van der Waals surface area contributed by atoms with Crippen LogP contribution in [0.1, 0.15) is 23.2 Å². The third-order valence-electron chi connectivity index (χ3n) is 3.88. The molecule has 1 saturated heterocycles. The first kappa shape index (κ1) is 17.1. The molecule has 1 atom stereocenters. The number of nitrogens with zero attached hydrogens (tertiary/aromatic N) is 2. The van der Waals surface area contributed by atoms with Crippen LogP contribution in [0.3, 0.4) is 0 Å². The summed E-state index contributed by atoms with van der Waals surface area (Å²) < 4.78 is 24.1. The molecular weight excluding hydrogens is 329 g/mol. The number of carbonyl (C=O) groups excluding carboxylic acids is 2. The van der Waals surface area contributed by atoms with E-state index in [1.54, 1.807) is 6.07 Å². The lowest BCUT2D eigenvalue weighted by atomic mass is 10.1. The number of halogens is 1. The van der Waals surface area contributed by atoms with E-state index in [1.807, 2.05) is 0 Å². The Morgan fingerprint density at radius 3 is 2.84 bits per heavy atom. The van der Waals surface area contributed by atoms with Crippen LogP contribution in [0.15, 0.2) is 41.1 Å². The van der Waals surface area contributed by atoms with Gasteiger partial charge in [0.2, 0.25) is 5.91 Å². The molecule has 1 unspecified atom stereocenters. The molecule has 1 aromatic carbocycles. The molecule has 1 aliphatic rings. The number of amides is 2. The van der Waals surface area contributed by atoms with Crippen molar-refractivity contribution in [3.05, 3.63) is 48.0 Å². The van der Waals surface area contributed by atoms with E-state index in [0.29, 0.717) is 6.61 Å². The van der Waals surface area contributed by atoms with Crippen molar-refractivity contribution in [1.29, 1.82) is 0 Å². The van der Waals surface area contributed by atoms with Crippen LogP contribution in [0.5, 0.6) is 0 Å². The number of rotatable bonds is 6. The SMILES string of the molecule is O=C(CN(CC1CCCO1)C(=O)c1ccccc1F)Nc1ccon1. The van der Waals surface area contributed by atoms with Crippen molar-refractivity contribution in [3.63, 3.8) is 0 Å². The number of nitrogens with one attached hydrogen (secondary N) is 1. The Morgan fingerprint density at radius 1 is 1.32 bits per heavy atom. The van der Waals surface area contributed by atoms with Gasteiger partial charge < -0.3 is 19.5 Å². The van der Waals surface area contributed by atoms with Gasteiger partial charge in [-0.25, -0.2) is 4.39 Å². The Morgan fingerprint density at radius 2 is 2.16 bits per heavy atom. The maximum atomic E-state index is 14.0. The zero-order chi connectivity index (χ0) is 17.6. The summed E-state index contributed by atoms with van der Waals surface area (Å²) in [7, 11) is 0. The third-order valence-corrected chi connectivity index (χ3v) is 3.88. The van der Waals surface area contributed by atoms with E-state index in [-0.39, 0.29) is 30.6 Å². The van der Waals surface area contributed by atoms with Crippen LogP contribution in [-0.2, 0) is 9.53 Å². The number of benzene rings is 1. The molecule has 2 amide bonds. The lowest BCUT2D eigenvalue weighted by Gasteiger charge is -2.25. The van der Waals surface area contributed by atoms with Gasteiger partial charge in [0.25, 0.3) is 5.91 Å². The van der Waals surface area contributed by atoms with Gasteiger partial charge in [0, 0.05) is 19.2 Å². The second-order valence-corrected chi connectivity index (χ2v) is 5.73. The summed E-state index contributed by atoms with van der Waals surface area (Å²) in [6.45, 7) is 0.608. The zero-order valence-corrected chi connectivity index (χ0v) is 13.5. The molecule has 1 aliphatic heterocycles. The van der Waals surface area contributed by atoms with Gasteiger partial charge in [0.1, 0.15) is 18.6 Å². The average Bonchev–Trinajstić information content (AvgIpc) is 3.28. The van der Waals surface area contributed by atoms with Crippen molar-refractivity contribution in [3.8, 4) is 0 Å². The quantitative estimate of drug-likeness (QED) is 0.865. The minimum Gasteiger partial charge on any atom is -0.376 e. The molecule has 1 aromatic heterocycles. The summed E-state index contributed by atoms with van der Waals surface area (Å²) >= 11 is 0. The summed E-state index contributed by atoms with van der Waals surface area (Å²) in [6.07, 6.45) is 2.86. The predicted octanol–water partition coefficient (Wildman–Crippen LogP) is 2.07. The second-order valence-electron chi connectivity index (χ2n) is 5.73. The molecule has 7 nitrogen and oxygen atoms in total. The minimum absolute atomic E-state index is 0.0743. The van der Waals surface area contributed by atoms with E-state index in [0.717, 1.165) is 12.8 Å². The van der Waals surface area contributed by atoms with E-state index in [1.165, 1.54) is 35.4 Å². The summed E-state index contributed by atoms with van der Waals surface area (Å²) in [5.41, 5.74) is -0.0743. The predicted molar refractivity (Wildman–Crippen MR) is 86.4 cm³/mol. The normalized spacial score (nSPS) is 16.6. The molecule has 132 valence electrons. The fourth-order valence-corrected chi connectivity index (χ4v) is 2.69. The van der Waals surface area contributed by atoms with E-state index in [2.05, 4.69) is 15.0 Å². The van der Waals surface area contributed by atoms with Crippen LogP contribution in [0.25, 0.3) is 0 Å². The van der Waals surface area contributed by atoms with Gasteiger partial charge in [-0.15, -0.1) is 0 Å². The van der Waals surface area contributed by atoms with Crippen molar-refractivity contribution in [2.75, 3.05) is 25.0 Å². The Balaban J connectivity index is 1.73. The monoisotopic (exact) mass is 347 g/mol. The largest absolute Gasteiger partial charge is 0.376 e. The van der Waals surface area contributed by atoms with E-state index in [4.69, 9.17) is 4.74 Å². The molecule has 2 aromatic rings. The van der Waals surface area contributed by atoms with Crippen molar-refractivity contribution < 1.29 is 23.2 Å². The zero-order valence-electron chi connectivity index (χ0n) is 13.5. The summed E-state index contributed by atoms with van der Waals surface area (Å²) in [5, 5.41) is 6.11.